The number of carbonyl (C=O) groups excluding carboxylic acids is 2. The summed E-state index contributed by atoms with van der Waals surface area (Å²) >= 11 is 0. The van der Waals surface area contributed by atoms with E-state index in [1.807, 2.05) is 32.0 Å². The average molecular weight is 377 g/mol. The van der Waals surface area contributed by atoms with E-state index in [2.05, 4.69) is 17.0 Å². The van der Waals surface area contributed by atoms with Crippen LogP contribution in [0.2, 0.25) is 0 Å². The van der Waals surface area contributed by atoms with Gasteiger partial charge in [0.1, 0.15) is 0 Å². The molecule has 2 heterocycles. The molecular weight excluding hydrogens is 354 g/mol. The van der Waals surface area contributed by atoms with Crippen molar-refractivity contribution in [3.63, 3.8) is 0 Å². The lowest BCUT2D eigenvalue weighted by molar-refractivity contribution is 0.0474. The Hall–Kier alpha value is -3.28. The molecule has 0 spiro atoms. The number of rotatable bonds is 7. The molecule has 2 aromatic heterocycles. The molecule has 0 saturated carbocycles. The minimum Gasteiger partial charge on any atom is -0.454 e. The van der Waals surface area contributed by atoms with E-state index in [9.17, 15) is 9.59 Å². The van der Waals surface area contributed by atoms with Crippen LogP contribution < -0.4 is 0 Å². The minimum atomic E-state index is -0.580. The number of nitrogens with zero attached hydrogens (tertiary/aromatic N) is 3. The van der Waals surface area contributed by atoms with Crippen molar-refractivity contribution in [3.8, 4) is 5.82 Å². The Morgan fingerprint density at radius 2 is 1.75 bits per heavy atom. The van der Waals surface area contributed by atoms with Crippen molar-refractivity contribution >= 4 is 11.8 Å². The molecule has 3 aromatic rings. The summed E-state index contributed by atoms with van der Waals surface area (Å²) in [5, 5.41) is 4.36. The summed E-state index contributed by atoms with van der Waals surface area (Å²) in [4.78, 5) is 28.7. The maximum atomic E-state index is 12.2. The third-order valence-corrected chi connectivity index (χ3v) is 4.36. The van der Waals surface area contributed by atoms with E-state index in [-0.39, 0.29) is 18.0 Å². The number of benzene rings is 1. The third kappa shape index (κ3) is 4.52. The molecule has 28 heavy (non-hydrogen) atoms. The highest BCUT2D eigenvalue weighted by Gasteiger charge is 2.13. The van der Waals surface area contributed by atoms with Gasteiger partial charge in [0.25, 0.3) is 0 Å². The van der Waals surface area contributed by atoms with Crippen LogP contribution in [0.1, 0.15) is 51.0 Å². The van der Waals surface area contributed by atoms with Gasteiger partial charge in [-0.1, -0.05) is 37.6 Å². The van der Waals surface area contributed by atoms with Crippen molar-refractivity contribution in [3.05, 3.63) is 76.7 Å². The third-order valence-electron chi connectivity index (χ3n) is 4.36. The van der Waals surface area contributed by atoms with Gasteiger partial charge in [-0.25, -0.2) is 14.5 Å². The molecule has 0 aliphatic rings. The number of hydrogen-bond donors (Lipinski definition) is 0. The number of carbonyl (C=O) groups is 2. The summed E-state index contributed by atoms with van der Waals surface area (Å²) < 4.78 is 6.85. The van der Waals surface area contributed by atoms with Crippen LogP contribution in [0.4, 0.5) is 0 Å². The second-order valence-electron chi connectivity index (χ2n) is 6.69. The highest BCUT2D eigenvalue weighted by atomic mass is 16.5. The Balaban J connectivity index is 1.60. The summed E-state index contributed by atoms with van der Waals surface area (Å²) in [6, 6.07) is 12.7. The first kappa shape index (κ1) is 19.5. The second kappa shape index (κ2) is 8.61. The lowest BCUT2D eigenvalue weighted by Gasteiger charge is -2.07. The van der Waals surface area contributed by atoms with Crippen molar-refractivity contribution < 1.29 is 14.3 Å². The summed E-state index contributed by atoms with van der Waals surface area (Å²) in [6.07, 6.45) is 3.46. The van der Waals surface area contributed by atoms with Gasteiger partial charge in [-0.15, -0.1) is 0 Å². The predicted octanol–water partition coefficient (Wildman–Crippen LogP) is 3.88. The van der Waals surface area contributed by atoms with Crippen LogP contribution in [0.5, 0.6) is 0 Å². The molecule has 0 amide bonds. The zero-order valence-electron chi connectivity index (χ0n) is 16.3. The molecule has 1 aromatic carbocycles. The van der Waals surface area contributed by atoms with E-state index < -0.39 is 5.97 Å². The fraction of sp³-hybridized carbons (Fsp3) is 0.273. The van der Waals surface area contributed by atoms with Crippen molar-refractivity contribution in [1.29, 1.82) is 0 Å². The zero-order valence-corrected chi connectivity index (χ0v) is 16.3. The van der Waals surface area contributed by atoms with Crippen molar-refractivity contribution in [1.82, 2.24) is 14.8 Å². The Morgan fingerprint density at radius 3 is 2.32 bits per heavy atom. The van der Waals surface area contributed by atoms with Gasteiger partial charge in [0, 0.05) is 17.5 Å². The van der Waals surface area contributed by atoms with E-state index >= 15 is 0 Å². The lowest BCUT2D eigenvalue weighted by atomic mass is 10.1. The predicted molar refractivity (Wildman–Crippen MR) is 106 cm³/mol. The number of ketones is 1. The van der Waals surface area contributed by atoms with Crippen molar-refractivity contribution in [2.45, 2.75) is 33.6 Å². The first-order valence-corrected chi connectivity index (χ1v) is 9.27. The van der Waals surface area contributed by atoms with Gasteiger partial charge in [0.05, 0.1) is 11.3 Å². The first-order chi connectivity index (χ1) is 13.5. The van der Waals surface area contributed by atoms with E-state index in [1.54, 1.807) is 28.9 Å². The van der Waals surface area contributed by atoms with Gasteiger partial charge in [0.2, 0.25) is 0 Å². The molecular formula is C22H23N3O3. The molecule has 0 aliphatic heterocycles. The van der Waals surface area contributed by atoms with Crippen molar-refractivity contribution in [2.24, 2.45) is 0 Å². The number of esters is 1. The van der Waals surface area contributed by atoms with Crippen LogP contribution >= 0.6 is 0 Å². The Morgan fingerprint density at radius 1 is 1.04 bits per heavy atom. The standard InChI is InChI=1S/C22H23N3O3/c1-4-5-17-6-8-18(9-7-17)20(26)14-28-22(27)19-10-11-21(23-13-19)25-16(3)12-15(2)24-25/h6-13H,4-5,14H2,1-3H3. The second-order valence-corrected chi connectivity index (χ2v) is 6.69. The maximum Gasteiger partial charge on any atom is 0.340 e. The topological polar surface area (TPSA) is 74.1 Å². The fourth-order valence-electron chi connectivity index (χ4n) is 2.94. The smallest absolute Gasteiger partial charge is 0.340 e. The number of pyridine rings is 1. The zero-order chi connectivity index (χ0) is 20.1. The van der Waals surface area contributed by atoms with Gasteiger partial charge in [-0.05, 0) is 44.0 Å². The van der Waals surface area contributed by atoms with Gasteiger partial charge in [-0.2, -0.15) is 5.10 Å². The molecule has 144 valence electrons. The summed E-state index contributed by atoms with van der Waals surface area (Å²) in [5.41, 5.74) is 3.85. The Bertz CT molecular complexity index is 973. The summed E-state index contributed by atoms with van der Waals surface area (Å²) in [5.74, 6) is -0.197. The highest BCUT2D eigenvalue weighted by molar-refractivity contribution is 5.99. The molecule has 0 fully saturated rings. The fourth-order valence-corrected chi connectivity index (χ4v) is 2.94. The first-order valence-electron chi connectivity index (χ1n) is 9.27. The number of aryl methyl sites for hydroxylation is 3. The molecule has 0 atom stereocenters. The quantitative estimate of drug-likeness (QED) is 0.461. The van der Waals surface area contributed by atoms with Crippen LogP contribution in [-0.4, -0.2) is 33.1 Å². The van der Waals surface area contributed by atoms with Crippen LogP contribution in [0, 0.1) is 13.8 Å². The monoisotopic (exact) mass is 377 g/mol. The lowest BCUT2D eigenvalue weighted by Crippen LogP contribution is -2.14. The molecule has 0 N–H and O–H groups in total. The average Bonchev–Trinajstić information content (AvgIpc) is 3.05. The summed E-state index contributed by atoms with van der Waals surface area (Å²) in [7, 11) is 0. The number of hydrogen-bond acceptors (Lipinski definition) is 5. The van der Waals surface area contributed by atoms with Gasteiger partial charge >= 0.3 is 5.97 Å². The van der Waals surface area contributed by atoms with Crippen LogP contribution in [-0.2, 0) is 11.2 Å². The van der Waals surface area contributed by atoms with E-state index in [0.717, 1.165) is 24.2 Å². The maximum absolute atomic E-state index is 12.2. The minimum absolute atomic E-state index is 0.233. The Kier molecular flexibility index (Phi) is 5.99. The van der Waals surface area contributed by atoms with Crippen LogP contribution in [0.3, 0.4) is 0 Å². The van der Waals surface area contributed by atoms with E-state index in [4.69, 9.17) is 4.74 Å². The molecule has 0 saturated heterocycles. The molecule has 6 nitrogen and oxygen atoms in total. The molecule has 3 rings (SSSR count). The highest BCUT2D eigenvalue weighted by Crippen LogP contribution is 2.12. The SMILES string of the molecule is CCCc1ccc(C(=O)COC(=O)c2ccc(-n3nc(C)cc3C)nc2)cc1. The van der Waals surface area contributed by atoms with Crippen LogP contribution in [0.25, 0.3) is 5.82 Å². The number of ether oxygens (including phenoxy) is 1. The van der Waals surface area contributed by atoms with E-state index in [1.165, 1.54) is 11.8 Å². The van der Waals surface area contributed by atoms with Gasteiger partial charge in [-0.3, -0.25) is 4.79 Å². The summed E-state index contributed by atoms with van der Waals surface area (Å²) in [6.45, 7) is 5.65. The van der Waals surface area contributed by atoms with E-state index in [0.29, 0.717) is 11.4 Å². The normalized spacial score (nSPS) is 10.7. The molecule has 6 heteroatoms. The molecule has 0 radical (unpaired) electrons. The largest absolute Gasteiger partial charge is 0.454 e. The van der Waals surface area contributed by atoms with Crippen molar-refractivity contribution in [2.75, 3.05) is 6.61 Å². The van der Waals surface area contributed by atoms with Gasteiger partial charge in [0.15, 0.2) is 18.2 Å². The number of aromatic nitrogens is 3. The van der Waals surface area contributed by atoms with Gasteiger partial charge < -0.3 is 4.74 Å². The molecule has 0 aliphatic carbocycles. The Labute approximate surface area is 164 Å². The van der Waals surface area contributed by atoms with Crippen LogP contribution in [0.15, 0.2) is 48.7 Å². The number of Topliss-reactive ketones (excluding diaryl/α,β-unsaturated/α-hetero) is 1. The molecule has 0 unspecified atom stereocenters. The molecule has 0 bridgehead atoms.